The van der Waals surface area contributed by atoms with E-state index in [2.05, 4.69) is 10.6 Å². The molecular formula is C16H21FN2O2. The number of nitrogens with one attached hydrogen (secondary N) is 2. The molecule has 1 aliphatic rings. The molecule has 1 saturated heterocycles. The van der Waals surface area contributed by atoms with Crippen molar-refractivity contribution in [2.45, 2.75) is 25.7 Å². The Bertz CT molecular complexity index is 482. The van der Waals surface area contributed by atoms with Crippen molar-refractivity contribution in [1.82, 2.24) is 10.6 Å². The molecule has 5 heteroatoms. The highest BCUT2D eigenvalue weighted by Crippen LogP contribution is 2.11. The second-order valence-electron chi connectivity index (χ2n) is 5.35. The minimum atomic E-state index is -0.346. The molecule has 1 aliphatic heterocycles. The molecule has 2 N–H and O–H groups in total. The molecule has 114 valence electrons. The summed E-state index contributed by atoms with van der Waals surface area (Å²) in [5.74, 6) is -0.184. The number of amides is 1. The number of ketones is 1. The second-order valence-corrected chi connectivity index (χ2v) is 5.35. The van der Waals surface area contributed by atoms with Crippen molar-refractivity contribution in [2.24, 2.45) is 5.92 Å². The van der Waals surface area contributed by atoms with Gasteiger partial charge in [-0.15, -0.1) is 0 Å². The fraction of sp³-hybridized carbons (Fsp3) is 0.500. The summed E-state index contributed by atoms with van der Waals surface area (Å²) in [6.07, 6.45) is 2.71. The van der Waals surface area contributed by atoms with Crippen molar-refractivity contribution >= 4 is 11.7 Å². The van der Waals surface area contributed by atoms with Crippen LogP contribution in [-0.4, -0.2) is 31.3 Å². The molecule has 0 bridgehead atoms. The summed E-state index contributed by atoms with van der Waals surface area (Å²) >= 11 is 0. The van der Waals surface area contributed by atoms with Gasteiger partial charge in [-0.25, -0.2) is 4.39 Å². The van der Waals surface area contributed by atoms with Crippen LogP contribution in [0.15, 0.2) is 24.3 Å². The number of Topliss-reactive ketones (excluding diaryl/α,β-unsaturated/α-hetero) is 1. The van der Waals surface area contributed by atoms with E-state index in [1.165, 1.54) is 24.3 Å². The maximum Gasteiger partial charge on any atom is 0.223 e. The van der Waals surface area contributed by atoms with E-state index in [1.807, 2.05) is 0 Å². The first-order valence-corrected chi connectivity index (χ1v) is 7.44. The first-order chi connectivity index (χ1) is 10.2. The van der Waals surface area contributed by atoms with E-state index in [4.69, 9.17) is 0 Å². The van der Waals surface area contributed by atoms with Crippen LogP contribution in [0.3, 0.4) is 0 Å². The van der Waals surface area contributed by atoms with E-state index < -0.39 is 0 Å². The largest absolute Gasteiger partial charge is 0.356 e. The highest BCUT2D eigenvalue weighted by Gasteiger charge is 2.20. The van der Waals surface area contributed by atoms with Crippen LogP contribution >= 0.6 is 0 Å². The van der Waals surface area contributed by atoms with Crippen LogP contribution in [0.1, 0.15) is 36.0 Å². The summed E-state index contributed by atoms with van der Waals surface area (Å²) < 4.78 is 12.8. The smallest absolute Gasteiger partial charge is 0.223 e. The molecule has 0 unspecified atom stereocenters. The lowest BCUT2D eigenvalue weighted by atomic mass is 9.97. The van der Waals surface area contributed by atoms with Crippen molar-refractivity contribution in [1.29, 1.82) is 0 Å². The maximum atomic E-state index is 12.8. The standard InChI is InChI=1S/C16H21FN2O2/c17-14-5-3-12(4-6-14)15(20)2-1-9-19-16(21)13-7-10-18-11-8-13/h3-6,13,18H,1-2,7-11H2,(H,19,21). The third kappa shape index (κ3) is 4.93. The van der Waals surface area contributed by atoms with Gasteiger partial charge in [0.1, 0.15) is 5.82 Å². The van der Waals surface area contributed by atoms with Crippen LogP contribution in [0.5, 0.6) is 0 Å². The zero-order chi connectivity index (χ0) is 15.1. The highest BCUT2D eigenvalue weighted by atomic mass is 19.1. The van der Waals surface area contributed by atoms with Gasteiger partial charge in [0, 0.05) is 24.4 Å². The Hall–Kier alpha value is -1.75. The number of rotatable bonds is 6. The summed E-state index contributed by atoms with van der Waals surface area (Å²) in [6.45, 7) is 2.29. The lowest BCUT2D eigenvalue weighted by Crippen LogP contribution is -2.38. The van der Waals surface area contributed by atoms with Gasteiger partial charge in [-0.1, -0.05) is 0 Å². The third-order valence-electron chi connectivity index (χ3n) is 3.76. The summed E-state index contributed by atoms with van der Waals surface area (Å²) in [5.41, 5.74) is 0.515. The fourth-order valence-corrected chi connectivity index (χ4v) is 2.47. The lowest BCUT2D eigenvalue weighted by Gasteiger charge is -2.21. The van der Waals surface area contributed by atoms with Gasteiger partial charge in [0.15, 0.2) is 5.78 Å². The van der Waals surface area contributed by atoms with Gasteiger partial charge in [-0.05, 0) is 56.6 Å². The van der Waals surface area contributed by atoms with Crippen LogP contribution in [0.2, 0.25) is 0 Å². The molecule has 0 spiro atoms. The Morgan fingerprint density at radius 3 is 2.52 bits per heavy atom. The molecule has 1 heterocycles. The van der Waals surface area contributed by atoms with Crippen LogP contribution in [0.4, 0.5) is 4.39 Å². The predicted molar refractivity (Wildman–Crippen MR) is 78.6 cm³/mol. The second kappa shape index (κ2) is 7.88. The number of benzene rings is 1. The molecule has 0 aromatic heterocycles. The van der Waals surface area contributed by atoms with Gasteiger partial charge in [-0.3, -0.25) is 9.59 Å². The minimum Gasteiger partial charge on any atom is -0.356 e. The number of carbonyl (C=O) groups is 2. The molecule has 0 saturated carbocycles. The van der Waals surface area contributed by atoms with Crippen molar-refractivity contribution in [3.63, 3.8) is 0 Å². The van der Waals surface area contributed by atoms with Crippen molar-refractivity contribution in [3.8, 4) is 0 Å². The molecule has 1 amide bonds. The molecule has 0 aliphatic carbocycles. The predicted octanol–water partition coefficient (Wildman–Crippen LogP) is 1.90. The summed E-state index contributed by atoms with van der Waals surface area (Å²) in [4.78, 5) is 23.7. The van der Waals surface area contributed by atoms with Crippen LogP contribution in [0, 0.1) is 11.7 Å². The highest BCUT2D eigenvalue weighted by molar-refractivity contribution is 5.96. The first kappa shape index (κ1) is 15.6. The lowest BCUT2D eigenvalue weighted by molar-refractivity contribution is -0.125. The number of hydrogen-bond donors (Lipinski definition) is 2. The topological polar surface area (TPSA) is 58.2 Å². The van der Waals surface area contributed by atoms with Gasteiger partial charge in [0.05, 0.1) is 0 Å². The Balaban J connectivity index is 1.66. The van der Waals surface area contributed by atoms with Gasteiger partial charge in [-0.2, -0.15) is 0 Å². The van der Waals surface area contributed by atoms with Crippen LogP contribution < -0.4 is 10.6 Å². The minimum absolute atomic E-state index is 0.0221. The van der Waals surface area contributed by atoms with E-state index in [0.29, 0.717) is 24.9 Å². The van der Waals surface area contributed by atoms with E-state index in [0.717, 1.165) is 25.9 Å². The van der Waals surface area contributed by atoms with Crippen LogP contribution in [0.25, 0.3) is 0 Å². The average Bonchev–Trinajstić information content (AvgIpc) is 2.52. The average molecular weight is 292 g/mol. The number of hydrogen-bond acceptors (Lipinski definition) is 3. The molecular weight excluding hydrogens is 271 g/mol. The molecule has 21 heavy (non-hydrogen) atoms. The summed E-state index contributed by atoms with van der Waals surface area (Å²) in [7, 11) is 0. The first-order valence-electron chi connectivity index (χ1n) is 7.44. The fourth-order valence-electron chi connectivity index (χ4n) is 2.47. The number of carbonyl (C=O) groups excluding carboxylic acids is 2. The Kier molecular flexibility index (Phi) is 5.87. The Labute approximate surface area is 124 Å². The molecule has 2 rings (SSSR count). The Morgan fingerprint density at radius 1 is 1.19 bits per heavy atom. The summed E-state index contributed by atoms with van der Waals surface area (Å²) in [5, 5.41) is 6.11. The van der Waals surface area contributed by atoms with Gasteiger partial charge < -0.3 is 10.6 Å². The van der Waals surface area contributed by atoms with E-state index in [9.17, 15) is 14.0 Å². The molecule has 1 fully saturated rings. The molecule has 4 nitrogen and oxygen atoms in total. The zero-order valence-corrected chi connectivity index (χ0v) is 12.0. The summed E-state index contributed by atoms with van der Waals surface area (Å²) in [6, 6.07) is 5.55. The zero-order valence-electron chi connectivity index (χ0n) is 12.0. The van der Waals surface area contributed by atoms with Gasteiger partial charge in [0.25, 0.3) is 0 Å². The van der Waals surface area contributed by atoms with Crippen molar-refractivity contribution in [3.05, 3.63) is 35.6 Å². The molecule has 1 aromatic carbocycles. The number of halogens is 1. The monoisotopic (exact) mass is 292 g/mol. The van der Waals surface area contributed by atoms with E-state index in [1.54, 1.807) is 0 Å². The Morgan fingerprint density at radius 2 is 1.86 bits per heavy atom. The van der Waals surface area contributed by atoms with Gasteiger partial charge in [0.2, 0.25) is 5.91 Å². The van der Waals surface area contributed by atoms with Crippen molar-refractivity contribution in [2.75, 3.05) is 19.6 Å². The van der Waals surface area contributed by atoms with Gasteiger partial charge >= 0.3 is 0 Å². The van der Waals surface area contributed by atoms with Crippen molar-refractivity contribution < 1.29 is 14.0 Å². The maximum absolute atomic E-state index is 12.8. The quantitative estimate of drug-likeness (QED) is 0.622. The number of piperidine rings is 1. The van der Waals surface area contributed by atoms with Crippen LogP contribution in [-0.2, 0) is 4.79 Å². The van der Waals surface area contributed by atoms with E-state index >= 15 is 0 Å². The molecule has 0 radical (unpaired) electrons. The third-order valence-corrected chi connectivity index (χ3v) is 3.76. The molecule has 1 aromatic rings. The normalized spacial score (nSPS) is 15.7. The molecule has 0 atom stereocenters. The SMILES string of the molecule is O=C(CCCNC(=O)C1CCNCC1)c1ccc(F)cc1. The van der Waals surface area contributed by atoms with E-state index in [-0.39, 0.29) is 23.4 Å².